The molecule has 0 aliphatic heterocycles. The van der Waals surface area contributed by atoms with Crippen molar-refractivity contribution in [2.45, 2.75) is 13.8 Å². The van der Waals surface area contributed by atoms with Gasteiger partial charge in [0.25, 0.3) is 22.7 Å². The second-order valence-corrected chi connectivity index (χ2v) is 5.31. The van der Waals surface area contributed by atoms with Crippen molar-refractivity contribution < 1.29 is 24.4 Å². The fraction of sp³-hybridized carbons (Fsp3) is 0.143. The van der Waals surface area contributed by atoms with Crippen LogP contribution < -0.4 is 10.9 Å². The number of ether oxygens (including phenoxy) is 1. The highest BCUT2D eigenvalue weighted by Crippen LogP contribution is 2.40. The van der Waals surface area contributed by atoms with E-state index in [1.54, 1.807) is 0 Å². The Morgan fingerprint density at radius 1 is 0.643 bits per heavy atom. The largest absolute Gasteiger partial charge is 0.456 e. The third-order valence-electron chi connectivity index (χ3n) is 3.67. The Kier molecular flexibility index (Phi) is 6.24. The van der Waals surface area contributed by atoms with Gasteiger partial charge >= 0.3 is 0 Å². The van der Waals surface area contributed by atoms with Crippen molar-refractivity contribution in [2.75, 3.05) is 0 Å². The van der Waals surface area contributed by atoms with Crippen molar-refractivity contribution in [3.63, 3.8) is 0 Å². The molecule has 148 valence electrons. The van der Waals surface area contributed by atoms with E-state index >= 15 is 0 Å². The minimum Gasteiger partial charge on any atom is -0.456 e. The predicted molar refractivity (Wildman–Crippen MR) is 95.0 cm³/mol. The maximum absolute atomic E-state index is 11.1. The van der Waals surface area contributed by atoms with Crippen LogP contribution in [-0.2, 0) is 0 Å². The minimum atomic E-state index is -0.873. The van der Waals surface area contributed by atoms with Crippen LogP contribution in [0.1, 0.15) is 11.1 Å². The summed E-state index contributed by atoms with van der Waals surface area (Å²) in [6.07, 6.45) is 0. The van der Waals surface area contributed by atoms with E-state index in [9.17, 15) is 40.5 Å². The number of rotatable bonds is 6. The summed E-state index contributed by atoms with van der Waals surface area (Å²) in [7, 11) is 0. The number of nitro benzene ring substituents is 4. The quantitative estimate of drug-likeness (QED) is 0.547. The van der Waals surface area contributed by atoms with Crippen molar-refractivity contribution in [2.24, 2.45) is 0 Å². The molecule has 2 aromatic carbocycles. The third-order valence-corrected chi connectivity index (χ3v) is 3.67. The molecule has 0 fully saturated rings. The zero-order chi connectivity index (χ0) is 20.5. The standard InChI is InChI=1S/C14H10N4O9.H3N/c1-7-11(17(23)24)3-9(15(19)20)5-13(7)27-14-6-10(16(21)22)4-12(8(14)2)18(25)26;/h3-6H,1-2H3;1H3/p+1. The maximum atomic E-state index is 11.1. The zero-order valence-corrected chi connectivity index (χ0v) is 14.8. The lowest BCUT2D eigenvalue weighted by molar-refractivity contribution is -0.394. The number of hydrogen-bond donors (Lipinski definition) is 1. The molecule has 28 heavy (non-hydrogen) atoms. The second kappa shape index (κ2) is 8.00. The van der Waals surface area contributed by atoms with Crippen LogP contribution in [0.15, 0.2) is 24.3 Å². The molecule has 0 heterocycles. The topological polar surface area (TPSA) is 218 Å². The Bertz CT molecular complexity index is 926. The molecular formula is C14H14N5O9+. The molecule has 0 unspecified atom stereocenters. The number of hydrogen-bond acceptors (Lipinski definition) is 9. The van der Waals surface area contributed by atoms with Crippen LogP contribution in [0.5, 0.6) is 11.5 Å². The van der Waals surface area contributed by atoms with Gasteiger partial charge in [-0.3, -0.25) is 40.5 Å². The van der Waals surface area contributed by atoms with Crippen molar-refractivity contribution in [3.05, 3.63) is 75.8 Å². The van der Waals surface area contributed by atoms with E-state index in [0.29, 0.717) is 0 Å². The molecule has 0 saturated heterocycles. The summed E-state index contributed by atoms with van der Waals surface area (Å²) >= 11 is 0. The van der Waals surface area contributed by atoms with Gasteiger partial charge < -0.3 is 10.9 Å². The normalized spacial score (nSPS) is 9.93. The summed E-state index contributed by atoms with van der Waals surface area (Å²) < 4.78 is 5.39. The first-order valence-electron chi connectivity index (χ1n) is 7.07. The molecule has 0 saturated carbocycles. The van der Waals surface area contributed by atoms with Crippen LogP contribution >= 0.6 is 0 Å². The van der Waals surface area contributed by atoms with Gasteiger partial charge in [-0.15, -0.1) is 0 Å². The first-order chi connectivity index (χ1) is 12.5. The van der Waals surface area contributed by atoms with Gasteiger partial charge in [-0.1, -0.05) is 0 Å². The first-order valence-corrected chi connectivity index (χ1v) is 7.07. The number of benzene rings is 2. The molecule has 4 N–H and O–H groups in total. The van der Waals surface area contributed by atoms with Gasteiger partial charge in [0.15, 0.2) is 0 Å². The van der Waals surface area contributed by atoms with Crippen LogP contribution in [0.25, 0.3) is 0 Å². The number of nitrogens with zero attached hydrogens (tertiary/aromatic N) is 4. The molecule has 2 aromatic rings. The Hall–Kier alpha value is -4.20. The first kappa shape index (κ1) is 21.8. The molecule has 0 aromatic heterocycles. The molecule has 14 nitrogen and oxygen atoms in total. The van der Waals surface area contributed by atoms with Gasteiger partial charge in [0.2, 0.25) is 0 Å². The van der Waals surface area contributed by atoms with Crippen molar-refractivity contribution in [1.29, 1.82) is 0 Å². The monoisotopic (exact) mass is 396 g/mol. The van der Waals surface area contributed by atoms with Crippen LogP contribution in [-0.4, -0.2) is 19.7 Å². The van der Waals surface area contributed by atoms with E-state index in [4.69, 9.17) is 4.74 Å². The van der Waals surface area contributed by atoms with E-state index in [2.05, 4.69) is 0 Å². The fourth-order valence-corrected chi connectivity index (χ4v) is 2.24. The van der Waals surface area contributed by atoms with Crippen LogP contribution in [0.4, 0.5) is 22.7 Å². The van der Waals surface area contributed by atoms with Gasteiger partial charge in [-0.05, 0) is 13.8 Å². The van der Waals surface area contributed by atoms with E-state index in [0.717, 1.165) is 24.3 Å². The Morgan fingerprint density at radius 2 is 0.964 bits per heavy atom. The lowest BCUT2D eigenvalue weighted by atomic mass is 10.1. The fourth-order valence-electron chi connectivity index (χ4n) is 2.24. The van der Waals surface area contributed by atoms with Crippen molar-refractivity contribution in [1.82, 2.24) is 6.15 Å². The highest BCUT2D eigenvalue weighted by molar-refractivity contribution is 5.61. The molecular weight excluding hydrogens is 382 g/mol. The van der Waals surface area contributed by atoms with Gasteiger partial charge in [0.05, 0.1) is 55.1 Å². The van der Waals surface area contributed by atoms with Crippen molar-refractivity contribution in [3.8, 4) is 11.5 Å². The zero-order valence-electron chi connectivity index (χ0n) is 14.8. The third kappa shape index (κ3) is 4.13. The van der Waals surface area contributed by atoms with E-state index in [1.165, 1.54) is 13.8 Å². The number of quaternary nitrogens is 1. The summed E-state index contributed by atoms with van der Waals surface area (Å²) in [5.74, 6) is -0.650. The Labute approximate surface area is 155 Å². The number of nitro groups is 4. The van der Waals surface area contributed by atoms with Gasteiger partial charge in [0.1, 0.15) is 11.5 Å². The van der Waals surface area contributed by atoms with Gasteiger partial charge in [0, 0.05) is 0 Å². The molecule has 0 aliphatic rings. The lowest BCUT2D eigenvalue weighted by Crippen LogP contribution is -2.01. The minimum absolute atomic E-state index is 0. The van der Waals surface area contributed by atoms with Gasteiger partial charge in [-0.2, -0.15) is 0 Å². The average Bonchev–Trinajstić information content (AvgIpc) is 2.57. The van der Waals surface area contributed by atoms with Crippen LogP contribution in [0.3, 0.4) is 0 Å². The maximum Gasteiger partial charge on any atom is 0.282 e. The highest BCUT2D eigenvalue weighted by Gasteiger charge is 2.26. The van der Waals surface area contributed by atoms with E-state index < -0.39 is 42.4 Å². The summed E-state index contributed by atoms with van der Waals surface area (Å²) in [5.41, 5.74) is -2.65. The Morgan fingerprint density at radius 3 is 1.21 bits per heavy atom. The smallest absolute Gasteiger partial charge is 0.282 e. The Balaban J connectivity index is 0.00000392. The molecule has 0 spiro atoms. The molecule has 0 aliphatic carbocycles. The molecule has 0 atom stereocenters. The van der Waals surface area contributed by atoms with Gasteiger partial charge in [-0.25, -0.2) is 0 Å². The molecule has 0 amide bonds. The summed E-state index contributed by atoms with van der Waals surface area (Å²) in [6, 6.07) is 3.27. The van der Waals surface area contributed by atoms with Crippen molar-refractivity contribution >= 4 is 22.7 Å². The molecule has 0 bridgehead atoms. The summed E-state index contributed by atoms with van der Waals surface area (Å²) in [6.45, 7) is 2.52. The highest BCUT2D eigenvalue weighted by atomic mass is 16.6. The summed E-state index contributed by atoms with van der Waals surface area (Å²) in [5, 5.41) is 44.2. The molecule has 14 heteroatoms. The van der Waals surface area contributed by atoms with E-state index in [1.807, 2.05) is 0 Å². The SMILES string of the molecule is Cc1c(Oc2cc([N+](=O)[O-])cc([N+](=O)[O-])c2C)cc([N+](=O)[O-])cc1[N+](=O)[O-].[NH4+]. The molecule has 0 radical (unpaired) electrons. The van der Waals surface area contributed by atoms with Crippen LogP contribution in [0, 0.1) is 54.3 Å². The van der Waals surface area contributed by atoms with E-state index in [-0.39, 0.29) is 28.8 Å². The summed E-state index contributed by atoms with van der Waals surface area (Å²) in [4.78, 5) is 40.8. The number of non-ortho nitro benzene ring substituents is 2. The average molecular weight is 396 g/mol. The van der Waals surface area contributed by atoms with Crippen LogP contribution in [0.2, 0.25) is 0 Å². The second-order valence-electron chi connectivity index (χ2n) is 5.31. The predicted octanol–water partition coefficient (Wildman–Crippen LogP) is 4.10. The lowest BCUT2D eigenvalue weighted by Gasteiger charge is -2.11. The molecule has 2 rings (SSSR count).